The van der Waals surface area contributed by atoms with E-state index in [1.165, 1.54) is 24.3 Å². The van der Waals surface area contributed by atoms with E-state index >= 15 is 0 Å². The Kier molecular flexibility index (Phi) is 4.77. The molecule has 1 N–H and O–H groups in total. The number of halogens is 3. The summed E-state index contributed by atoms with van der Waals surface area (Å²) in [7, 11) is 0. The number of hydrogen-bond donors (Lipinski definition) is 1. The monoisotopic (exact) mass is 457 g/mol. The summed E-state index contributed by atoms with van der Waals surface area (Å²) in [5.74, 6) is -1.51. The number of nitrogens with one attached hydrogen (secondary N) is 1. The highest BCUT2D eigenvalue weighted by molar-refractivity contribution is 6.23. The van der Waals surface area contributed by atoms with E-state index in [2.05, 4.69) is 5.32 Å². The fraction of sp³-hybridized carbons (Fsp3) is 0.304. The lowest BCUT2D eigenvalue weighted by molar-refractivity contribution is -0.383. The first-order valence-electron chi connectivity index (χ1n) is 10.4. The first-order chi connectivity index (χ1) is 15.6. The van der Waals surface area contributed by atoms with Gasteiger partial charge in [-0.3, -0.25) is 19.7 Å². The molecule has 1 saturated carbocycles. The standard InChI is InChI=1S/C23H18F3N3O4/c24-23(25,26)15-3-1-2-12(8-15)11-27-17-7-6-16(10-18(17)29(32)33)28-21(30)19-13-4-5-14(9-13)20(19)22(28)31/h1-8,10,13-14,19-20,27H,9,11H2. The largest absolute Gasteiger partial charge is 0.416 e. The molecule has 1 saturated heterocycles. The maximum atomic E-state index is 13.0. The van der Waals surface area contributed by atoms with Crippen LogP contribution in [0.4, 0.5) is 30.2 Å². The molecule has 0 aromatic heterocycles. The van der Waals surface area contributed by atoms with Crippen LogP contribution in [-0.2, 0) is 22.3 Å². The lowest BCUT2D eigenvalue weighted by atomic mass is 9.85. The van der Waals surface area contributed by atoms with Crippen molar-refractivity contribution in [3.63, 3.8) is 0 Å². The summed E-state index contributed by atoms with van der Waals surface area (Å²) in [6, 6.07) is 8.61. The van der Waals surface area contributed by atoms with Gasteiger partial charge >= 0.3 is 6.18 Å². The van der Waals surface area contributed by atoms with Gasteiger partial charge in [0.25, 0.3) is 5.69 Å². The third kappa shape index (κ3) is 3.46. The van der Waals surface area contributed by atoms with E-state index in [1.807, 2.05) is 12.2 Å². The predicted molar refractivity (Wildman–Crippen MR) is 112 cm³/mol. The first-order valence-corrected chi connectivity index (χ1v) is 10.4. The van der Waals surface area contributed by atoms with E-state index in [0.717, 1.165) is 29.5 Å². The van der Waals surface area contributed by atoms with E-state index in [-0.39, 0.29) is 47.3 Å². The summed E-state index contributed by atoms with van der Waals surface area (Å²) in [5.41, 5.74) is -0.703. The lowest BCUT2D eigenvalue weighted by Crippen LogP contribution is -2.32. The summed E-state index contributed by atoms with van der Waals surface area (Å²) in [4.78, 5) is 38.0. The molecule has 1 aliphatic heterocycles. The zero-order chi connectivity index (χ0) is 23.5. The van der Waals surface area contributed by atoms with Crippen LogP contribution >= 0.6 is 0 Å². The van der Waals surface area contributed by atoms with Gasteiger partial charge < -0.3 is 5.32 Å². The fourth-order valence-corrected chi connectivity index (χ4v) is 5.17. The van der Waals surface area contributed by atoms with Crippen molar-refractivity contribution in [2.75, 3.05) is 10.2 Å². The Labute approximate surface area is 186 Å². The Morgan fingerprint density at radius 1 is 1.03 bits per heavy atom. The van der Waals surface area contributed by atoms with Gasteiger partial charge in [-0.25, -0.2) is 4.90 Å². The number of alkyl halides is 3. The third-order valence-corrected chi connectivity index (χ3v) is 6.64. The molecule has 0 radical (unpaired) electrons. The van der Waals surface area contributed by atoms with Gasteiger partial charge in [-0.1, -0.05) is 24.3 Å². The van der Waals surface area contributed by atoms with Crippen molar-refractivity contribution < 1.29 is 27.7 Å². The van der Waals surface area contributed by atoms with E-state index in [1.54, 1.807) is 0 Å². The Bertz CT molecular complexity index is 1180. The van der Waals surface area contributed by atoms with Crippen LogP contribution in [0, 0.1) is 33.8 Å². The second kappa shape index (κ2) is 7.43. The van der Waals surface area contributed by atoms with Crippen molar-refractivity contribution in [1.29, 1.82) is 0 Å². The van der Waals surface area contributed by atoms with Crippen LogP contribution in [0.25, 0.3) is 0 Å². The maximum Gasteiger partial charge on any atom is 0.416 e. The van der Waals surface area contributed by atoms with Gasteiger partial charge in [-0.05, 0) is 48.1 Å². The topological polar surface area (TPSA) is 92.6 Å². The highest BCUT2D eigenvalue weighted by Crippen LogP contribution is 2.53. The molecule has 3 aliphatic rings. The number of imide groups is 1. The third-order valence-electron chi connectivity index (χ3n) is 6.64. The Balaban J connectivity index is 1.39. The minimum Gasteiger partial charge on any atom is -0.375 e. The Morgan fingerprint density at radius 2 is 1.70 bits per heavy atom. The zero-order valence-electron chi connectivity index (χ0n) is 17.1. The number of benzene rings is 2. The number of nitro benzene ring substituents is 1. The first kappa shape index (κ1) is 21.2. The van der Waals surface area contributed by atoms with Crippen molar-refractivity contribution in [3.8, 4) is 0 Å². The van der Waals surface area contributed by atoms with Gasteiger partial charge in [0.15, 0.2) is 0 Å². The van der Waals surface area contributed by atoms with E-state index in [0.29, 0.717) is 5.56 Å². The fourth-order valence-electron chi connectivity index (χ4n) is 5.17. The molecule has 170 valence electrons. The minimum absolute atomic E-state index is 0.0184. The molecular weight excluding hydrogens is 439 g/mol. The minimum atomic E-state index is -4.49. The van der Waals surface area contributed by atoms with Gasteiger partial charge in [0.05, 0.1) is 28.0 Å². The molecule has 4 atom stereocenters. The molecule has 4 unspecified atom stereocenters. The summed E-state index contributed by atoms with van der Waals surface area (Å²) in [5, 5.41) is 14.5. The van der Waals surface area contributed by atoms with Crippen molar-refractivity contribution in [1.82, 2.24) is 0 Å². The zero-order valence-corrected chi connectivity index (χ0v) is 17.1. The summed E-state index contributed by atoms with van der Waals surface area (Å²) in [6.45, 7) is -0.0785. The number of nitro groups is 1. The number of fused-ring (bicyclic) bond motifs is 5. The van der Waals surface area contributed by atoms with Crippen molar-refractivity contribution >= 4 is 28.9 Å². The number of hydrogen-bond acceptors (Lipinski definition) is 5. The van der Waals surface area contributed by atoms with E-state index in [9.17, 15) is 32.9 Å². The predicted octanol–water partition coefficient (Wildman–Crippen LogP) is 4.54. The average Bonchev–Trinajstić information content (AvgIpc) is 3.45. The maximum absolute atomic E-state index is 13.0. The molecule has 0 spiro atoms. The van der Waals surface area contributed by atoms with Crippen molar-refractivity contribution in [3.05, 3.63) is 75.9 Å². The van der Waals surface area contributed by atoms with Crippen LogP contribution in [0.2, 0.25) is 0 Å². The molecule has 2 bridgehead atoms. The average molecular weight is 457 g/mol. The smallest absolute Gasteiger partial charge is 0.375 e. The normalized spacial score (nSPS) is 25.6. The number of rotatable bonds is 5. The highest BCUT2D eigenvalue weighted by Gasteiger charge is 2.59. The second-order valence-corrected chi connectivity index (χ2v) is 8.52. The van der Waals surface area contributed by atoms with Gasteiger partial charge in [0.1, 0.15) is 5.69 Å². The van der Waals surface area contributed by atoms with Crippen molar-refractivity contribution in [2.45, 2.75) is 19.1 Å². The van der Waals surface area contributed by atoms with Crippen LogP contribution in [0.5, 0.6) is 0 Å². The molecule has 2 aromatic carbocycles. The second-order valence-electron chi connectivity index (χ2n) is 8.52. The van der Waals surface area contributed by atoms with Crippen LogP contribution in [0.3, 0.4) is 0 Å². The number of carbonyl (C=O) groups is 2. The number of carbonyl (C=O) groups excluding carboxylic acids is 2. The van der Waals surface area contributed by atoms with E-state index in [4.69, 9.17) is 0 Å². The molecule has 2 fully saturated rings. The summed E-state index contributed by atoms with van der Waals surface area (Å²) >= 11 is 0. The Hall–Kier alpha value is -3.69. The van der Waals surface area contributed by atoms with Gasteiger partial charge in [0.2, 0.25) is 11.8 Å². The molecule has 7 nitrogen and oxygen atoms in total. The van der Waals surface area contributed by atoms with Crippen molar-refractivity contribution in [2.24, 2.45) is 23.7 Å². The van der Waals surface area contributed by atoms with Gasteiger partial charge in [0, 0.05) is 12.6 Å². The number of nitrogens with zero attached hydrogens (tertiary/aromatic N) is 2. The molecule has 2 amide bonds. The summed E-state index contributed by atoms with van der Waals surface area (Å²) < 4.78 is 38.8. The van der Waals surface area contributed by atoms with E-state index < -0.39 is 28.5 Å². The quantitative estimate of drug-likeness (QED) is 0.308. The van der Waals surface area contributed by atoms with Crippen LogP contribution in [-0.4, -0.2) is 16.7 Å². The molecule has 5 rings (SSSR count). The van der Waals surface area contributed by atoms with Crippen LogP contribution in [0.1, 0.15) is 17.5 Å². The van der Waals surface area contributed by atoms with Gasteiger partial charge in [-0.15, -0.1) is 0 Å². The lowest BCUT2D eigenvalue weighted by Gasteiger charge is -2.18. The Morgan fingerprint density at radius 3 is 2.30 bits per heavy atom. The van der Waals surface area contributed by atoms with Gasteiger partial charge in [-0.2, -0.15) is 13.2 Å². The molecule has 2 aliphatic carbocycles. The number of anilines is 2. The summed E-state index contributed by atoms with van der Waals surface area (Å²) in [6.07, 6.45) is 0.207. The molecular formula is C23H18F3N3O4. The highest BCUT2D eigenvalue weighted by atomic mass is 19.4. The molecule has 33 heavy (non-hydrogen) atoms. The van der Waals surface area contributed by atoms with Crippen LogP contribution in [0.15, 0.2) is 54.6 Å². The SMILES string of the molecule is O=C1C2C3C=CC(C3)C2C(=O)N1c1ccc(NCc2cccc(C(F)(F)F)c2)c([N+](=O)[O-])c1. The van der Waals surface area contributed by atoms with Crippen LogP contribution < -0.4 is 10.2 Å². The number of allylic oxidation sites excluding steroid dienone is 2. The number of amides is 2. The molecule has 2 aromatic rings. The molecule has 1 heterocycles. The molecule has 10 heteroatoms.